The Morgan fingerprint density at radius 2 is 1.84 bits per heavy atom. The average molecular weight is 448 g/mol. The lowest BCUT2D eigenvalue weighted by Gasteiger charge is -2.11. The fourth-order valence-corrected chi connectivity index (χ4v) is 5.10. The first-order valence-corrected chi connectivity index (χ1v) is 10.8. The first-order chi connectivity index (χ1) is 14.8. The van der Waals surface area contributed by atoms with Gasteiger partial charge in [0.2, 0.25) is 0 Å². The fourth-order valence-electron chi connectivity index (χ4n) is 3.79. The van der Waals surface area contributed by atoms with Crippen molar-refractivity contribution in [1.82, 2.24) is 4.98 Å². The van der Waals surface area contributed by atoms with Crippen LogP contribution in [0.2, 0.25) is 0 Å². The number of methoxy groups -OCH3 is 1. The number of amides is 2. The minimum atomic E-state index is -0.766. The number of esters is 2. The Kier molecular flexibility index (Phi) is 6.79. The van der Waals surface area contributed by atoms with Crippen LogP contribution in [0, 0.1) is 6.92 Å². The van der Waals surface area contributed by atoms with Crippen molar-refractivity contribution in [1.29, 1.82) is 0 Å². The zero-order valence-electron chi connectivity index (χ0n) is 17.7. The van der Waals surface area contributed by atoms with Gasteiger partial charge in [-0.15, -0.1) is 11.3 Å². The van der Waals surface area contributed by atoms with Gasteiger partial charge in [0.05, 0.1) is 18.2 Å². The van der Waals surface area contributed by atoms with Gasteiger partial charge in [-0.3, -0.25) is 9.59 Å². The number of ether oxygens (including phenoxy) is 2. The summed E-state index contributed by atoms with van der Waals surface area (Å²) in [6.07, 6.45) is 4.08. The number of aromatic amines is 1. The zero-order chi connectivity index (χ0) is 22.7. The number of carbonyl (C=O) groups is 4. The number of anilines is 1. The Morgan fingerprint density at radius 3 is 2.48 bits per heavy atom. The van der Waals surface area contributed by atoms with E-state index in [0.717, 1.165) is 36.1 Å². The van der Waals surface area contributed by atoms with E-state index in [1.807, 2.05) is 6.92 Å². The van der Waals surface area contributed by atoms with Crippen molar-refractivity contribution in [3.05, 3.63) is 38.5 Å². The summed E-state index contributed by atoms with van der Waals surface area (Å²) in [7, 11) is 1.26. The monoisotopic (exact) mass is 447 g/mol. The summed E-state index contributed by atoms with van der Waals surface area (Å²) in [5.41, 5.74) is 8.11. The van der Waals surface area contributed by atoms with E-state index in [0.29, 0.717) is 28.2 Å². The number of aryl methyl sites for hydroxylation is 2. The first-order valence-electron chi connectivity index (χ1n) is 9.99. The Hall–Kier alpha value is -3.14. The summed E-state index contributed by atoms with van der Waals surface area (Å²) in [6.45, 7) is 2.89. The van der Waals surface area contributed by atoms with Gasteiger partial charge in [0.1, 0.15) is 10.7 Å². The van der Waals surface area contributed by atoms with Crippen LogP contribution >= 0.6 is 11.3 Å². The van der Waals surface area contributed by atoms with Crippen molar-refractivity contribution in [2.75, 3.05) is 19.0 Å². The maximum atomic E-state index is 12.5. The average Bonchev–Trinajstić information content (AvgIpc) is 3.28. The van der Waals surface area contributed by atoms with Gasteiger partial charge in [-0.2, -0.15) is 0 Å². The molecule has 4 N–H and O–H groups in total. The predicted octanol–water partition coefficient (Wildman–Crippen LogP) is 2.51. The highest BCUT2D eigenvalue weighted by atomic mass is 32.1. The molecule has 2 aromatic rings. The lowest BCUT2D eigenvalue weighted by Crippen LogP contribution is -2.23. The Balaban J connectivity index is 1.70. The number of aromatic nitrogens is 1. The molecule has 0 saturated heterocycles. The summed E-state index contributed by atoms with van der Waals surface area (Å²) >= 11 is 1.33. The van der Waals surface area contributed by atoms with Crippen LogP contribution in [0.4, 0.5) is 5.00 Å². The van der Waals surface area contributed by atoms with Gasteiger partial charge in [0.15, 0.2) is 6.61 Å². The van der Waals surface area contributed by atoms with Crippen LogP contribution in [0.1, 0.15) is 72.7 Å². The number of fused-ring (bicyclic) bond motifs is 1. The zero-order valence-corrected chi connectivity index (χ0v) is 18.5. The molecular formula is C21H25N3O6S. The molecule has 31 heavy (non-hydrogen) atoms. The topological polar surface area (TPSA) is 141 Å². The summed E-state index contributed by atoms with van der Waals surface area (Å²) in [4.78, 5) is 52.7. The normalized spacial score (nSPS) is 12.7. The molecule has 0 fully saturated rings. The summed E-state index contributed by atoms with van der Waals surface area (Å²) in [5.74, 6) is -2.49. The molecule has 0 atom stereocenters. The molecule has 3 rings (SSSR count). The largest absolute Gasteiger partial charge is 0.465 e. The number of hydrogen-bond donors (Lipinski definition) is 3. The third-order valence-electron chi connectivity index (χ3n) is 5.28. The number of nitrogens with two attached hydrogens (primary N) is 1. The van der Waals surface area contributed by atoms with Crippen LogP contribution in [0.3, 0.4) is 0 Å². The maximum Gasteiger partial charge on any atom is 0.355 e. The Bertz CT molecular complexity index is 1050. The minimum Gasteiger partial charge on any atom is -0.465 e. The van der Waals surface area contributed by atoms with Crippen LogP contribution in [-0.2, 0) is 33.5 Å². The molecule has 2 aromatic heterocycles. The number of H-pyrrole nitrogens is 1. The third-order valence-corrected chi connectivity index (χ3v) is 6.49. The van der Waals surface area contributed by atoms with E-state index >= 15 is 0 Å². The van der Waals surface area contributed by atoms with E-state index in [9.17, 15) is 19.2 Å². The van der Waals surface area contributed by atoms with Crippen LogP contribution in [0.25, 0.3) is 0 Å². The molecule has 2 heterocycles. The van der Waals surface area contributed by atoms with Crippen molar-refractivity contribution in [3.8, 4) is 0 Å². The van der Waals surface area contributed by atoms with Crippen LogP contribution < -0.4 is 11.1 Å². The number of carbonyl (C=O) groups excluding carboxylic acids is 4. The van der Waals surface area contributed by atoms with Gasteiger partial charge in [0.25, 0.3) is 11.8 Å². The molecule has 1 aliphatic rings. The summed E-state index contributed by atoms with van der Waals surface area (Å²) in [6, 6.07) is 0. The van der Waals surface area contributed by atoms with Gasteiger partial charge < -0.3 is 25.5 Å². The molecule has 166 valence electrons. The van der Waals surface area contributed by atoms with E-state index in [1.54, 1.807) is 6.92 Å². The molecule has 0 radical (unpaired) electrons. The molecule has 0 aromatic carbocycles. The van der Waals surface area contributed by atoms with Gasteiger partial charge in [-0.05, 0) is 50.2 Å². The Labute approximate surface area is 183 Å². The van der Waals surface area contributed by atoms with Gasteiger partial charge in [0, 0.05) is 10.6 Å². The van der Waals surface area contributed by atoms with Crippen molar-refractivity contribution < 1.29 is 28.7 Å². The highest BCUT2D eigenvalue weighted by Gasteiger charge is 2.27. The minimum absolute atomic E-state index is 0.0921. The van der Waals surface area contributed by atoms with Gasteiger partial charge >= 0.3 is 11.9 Å². The molecule has 10 heteroatoms. The fraction of sp³-hybridized carbons (Fsp3) is 0.429. The van der Waals surface area contributed by atoms with Crippen LogP contribution in [0.5, 0.6) is 0 Å². The summed E-state index contributed by atoms with van der Waals surface area (Å²) < 4.78 is 9.90. The smallest absolute Gasteiger partial charge is 0.355 e. The molecule has 0 spiro atoms. The molecular weight excluding hydrogens is 422 g/mol. The quantitative estimate of drug-likeness (QED) is 0.557. The number of primary amides is 1. The summed E-state index contributed by atoms with van der Waals surface area (Å²) in [5, 5.41) is 3.03. The number of thiophene rings is 1. The molecule has 9 nitrogen and oxygen atoms in total. The van der Waals surface area contributed by atoms with Crippen molar-refractivity contribution in [3.63, 3.8) is 0 Å². The second kappa shape index (κ2) is 9.34. The number of rotatable bonds is 7. The van der Waals surface area contributed by atoms with Crippen molar-refractivity contribution >= 4 is 40.1 Å². The van der Waals surface area contributed by atoms with E-state index in [-0.39, 0.29) is 11.3 Å². The number of nitrogens with one attached hydrogen (secondary N) is 2. The molecule has 1 aliphatic carbocycles. The number of hydrogen-bond acceptors (Lipinski definition) is 7. The third kappa shape index (κ3) is 4.48. The molecule has 2 amide bonds. The lowest BCUT2D eigenvalue weighted by atomic mass is 9.95. The molecule has 0 aliphatic heterocycles. The highest BCUT2D eigenvalue weighted by molar-refractivity contribution is 7.17. The second-order valence-electron chi connectivity index (χ2n) is 7.23. The predicted molar refractivity (Wildman–Crippen MR) is 115 cm³/mol. The molecule has 0 bridgehead atoms. The van der Waals surface area contributed by atoms with Crippen molar-refractivity contribution in [2.45, 2.75) is 46.0 Å². The standard InChI is InChI=1S/C21H25N3O6S/c1-4-12-15(20(27)29-3)10(2)17(23-12)21(28)30-9-14(25)24-19-16(18(22)26)11-7-5-6-8-13(11)31-19/h23H,4-9H2,1-3H3,(H2,22,26)(H,24,25). The lowest BCUT2D eigenvalue weighted by molar-refractivity contribution is -0.119. The highest BCUT2D eigenvalue weighted by Crippen LogP contribution is 2.37. The van der Waals surface area contributed by atoms with Crippen LogP contribution in [-0.4, -0.2) is 42.5 Å². The Morgan fingerprint density at radius 1 is 1.13 bits per heavy atom. The molecule has 0 unspecified atom stereocenters. The van der Waals surface area contributed by atoms with E-state index in [4.69, 9.17) is 15.2 Å². The van der Waals surface area contributed by atoms with E-state index in [2.05, 4.69) is 10.3 Å². The molecule has 0 saturated carbocycles. The van der Waals surface area contributed by atoms with Gasteiger partial charge in [-0.25, -0.2) is 9.59 Å². The second-order valence-corrected chi connectivity index (χ2v) is 8.33. The van der Waals surface area contributed by atoms with Crippen molar-refractivity contribution in [2.24, 2.45) is 5.73 Å². The first kappa shape index (κ1) is 22.5. The van der Waals surface area contributed by atoms with E-state index in [1.165, 1.54) is 18.4 Å². The van der Waals surface area contributed by atoms with E-state index < -0.39 is 30.4 Å². The van der Waals surface area contributed by atoms with Crippen LogP contribution in [0.15, 0.2) is 0 Å². The SMILES string of the molecule is CCc1[nH]c(C(=O)OCC(=O)Nc2sc3c(c2C(N)=O)CCCC3)c(C)c1C(=O)OC. The maximum absolute atomic E-state index is 12.5. The van der Waals surface area contributed by atoms with Gasteiger partial charge in [-0.1, -0.05) is 6.92 Å².